The molecule has 90 valence electrons. The van der Waals surface area contributed by atoms with Gasteiger partial charge in [-0.3, -0.25) is 4.79 Å². The van der Waals surface area contributed by atoms with Crippen LogP contribution in [0, 0.1) is 5.92 Å². The van der Waals surface area contributed by atoms with Crippen molar-refractivity contribution in [2.24, 2.45) is 5.92 Å². The Morgan fingerprint density at radius 3 is 2.47 bits per heavy atom. The molecule has 3 rings (SSSR count). The summed E-state index contributed by atoms with van der Waals surface area (Å²) in [4.78, 5) is 11.2. The van der Waals surface area contributed by atoms with Crippen molar-refractivity contribution >= 4 is 5.97 Å². The van der Waals surface area contributed by atoms with Crippen molar-refractivity contribution in [3.8, 4) is 0 Å². The molecule has 0 saturated heterocycles. The fraction of sp³-hybridized carbons (Fsp3) is 0.533. The minimum atomic E-state index is -0.625. The van der Waals surface area contributed by atoms with E-state index in [0.717, 1.165) is 19.3 Å². The van der Waals surface area contributed by atoms with Gasteiger partial charge >= 0.3 is 5.97 Å². The molecular weight excluding hydrogens is 212 g/mol. The molecule has 2 atom stereocenters. The average Bonchev–Trinajstić information content (AvgIpc) is 3.01. The highest BCUT2D eigenvalue weighted by atomic mass is 16.4. The van der Waals surface area contributed by atoms with Crippen LogP contribution in [0.4, 0.5) is 0 Å². The molecule has 0 bridgehead atoms. The van der Waals surface area contributed by atoms with Crippen LogP contribution in [-0.4, -0.2) is 11.1 Å². The number of hydrogen-bond acceptors (Lipinski definition) is 1. The fourth-order valence-corrected chi connectivity index (χ4v) is 3.52. The molecule has 1 aromatic rings. The lowest BCUT2D eigenvalue weighted by Crippen LogP contribution is -2.31. The maximum atomic E-state index is 11.2. The van der Waals surface area contributed by atoms with Crippen molar-refractivity contribution < 1.29 is 9.90 Å². The molecule has 2 heteroatoms. The smallest absolute Gasteiger partial charge is 0.307 e. The lowest BCUT2D eigenvalue weighted by atomic mass is 9.66. The SMILES string of the molecule is CC1(C)CCC2(CC2C(=O)O)c2ccccc21. The second-order valence-electron chi connectivity index (χ2n) is 6.18. The van der Waals surface area contributed by atoms with Crippen LogP contribution in [0.15, 0.2) is 24.3 Å². The second-order valence-corrected chi connectivity index (χ2v) is 6.18. The number of hydrogen-bond donors (Lipinski definition) is 1. The third kappa shape index (κ3) is 1.36. The molecule has 2 aliphatic rings. The maximum Gasteiger partial charge on any atom is 0.307 e. The lowest BCUT2D eigenvalue weighted by Gasteiger charge is -2.37. The quantitative estimate of drug-likeness (QED) is 0.805. The van der Waals surface area contributed by atoms with Gasteiger partial charge in [0.25, 0.3) is 0 Å². The van der Waals surface area contributed by atoms with Crippen LogP contribution in [0.5, 0.6) is 0 Å². The molecule has 0 aromatic heterocycles. The number of aliphatic carboxylic acids is 1. The summed E-state index contributed by atoms with van der Waals surface area (Å²) in [7, 11) is 0. The largest absolute Gasteiger partial charge is 0.481 e. The fourth-order valence-electron chi connectivity index (χ4n) is 3.52. The predicted octanol–water partition coefficient (Wildman–Crippen LogP) is 3.10. The Hall–Kier alpha value is -1.31. The van der Waals surface area contributed by atoms with E-state index in [0.29, 0.717) is 0 Å². The van der Waals surface area contributed by atoms with E-state index in [1.165, 1.54) is 11.1 Å². The second kappa shape index (κ2) is 3.12. The molecule has 0 radical (unpaired) electrons. The van der Waals surface area contributed by atoms with Crippen LogP contribution < -0.4 is 0 Å². The van der Waals surface area contributed by atoms with Crippen LogP contribution in [0.3, 0.4) is 0 Å². The van der Waals surface area contributed by atoms with Crippen molar-refractivity contribution in [1.29, 1.82) is 0 Å². The molecule has 2 unspecified atom stereocenters. The minimum Gasteiger partial charge on any atom is -0.481 e. The van der Waals surface area contributed by atoms with E-state index >= 15 is 0 Å². The van der Waals surface area contributed by atoms with Gasteiger partial charge in [-0.2, -0.15) is 0 Å². The number of carboxylic acid groups (broad SMARTS) is 1. The molecule has 1 fully saturated rings. The van der Waals surface area contributed by atoms with E-state index in [4.69, 9.17) is 0 Å². The summed E-state index contributed by atoms with van der Waals surface area (Å²) >= 11 is 0. The highest BCUT2D eigenvalue weighted by Crippen LogP contribution is 2.62. The van der Waals surface area contributed by atoms with Crippen molar-refractivity contribution in [2.45, 2.75) is 43.9 Å². The monoisotopic (exact) mass is 230 g/mol. The molecule has 17 heavy (non-hydrogen) atoms. The molecular formula is C15H18O2. The van der Waals surface area contributed by atoms with E-state index in [1.807, 2.05) is 6.07 Å². The van der Waals surface area contributed by atoms with Crippen molar-refractivity contribution in [1.82, 2.24) is 0 Å². The van der Waals surface area contributed by atoms with Gasteiger partial charge in [-0.1, -0.05) is 38.1 Å². The summed E-state index contributed by atoms with van der Waals surface area (Å²) in [6, 6.07) is 8.42. The average molecular weight is 230 g/mol. The van der Waals surface area contributed by atoms with Gasteiger partial charge < -0.3 is 5.11 Å². The van der Waals surface area contributed by atoms with Gasteiger partial charge in [-0.05, 0) is 35.8 Å². The molecule has 2 aliphatic carbocycles. The summed E-state index contributed by atoms with van der Waals surface area (Å²) < 4.78 is 0. The van der Waals surface area contributed by atoms with Crippen LogP contribution in [0.25, 0.3) is 0 Å². The number of carboxylic acids is 1. The lowest BCUT2D eigenvalue weighted by molar-refractivity contribution is -0.139. The topological polar surface area (TPSA) is 37.3 Å². The van der Waals surface area contributed by atoms with Crippen LogP contribution in [0.2, 0.25) is 0 Å². The molecule has 2 nitrogen and oxygen atoms in total. The minimum absolute atomic E-state index is 0.0437. The van der Waals surface area contributed by atoms with Gasteiger partial charge in [-0.25, -0.2) is 0 Å². The van der Waals surface area contributed by atoms with Crippen LogP contribution in [0.1, 0.15) is 44.2 Å². The van der Waals surface area contributed by atoms with Gasteiger partial charge in [0.15, 0.2) is 0 Å². The Balaban J connectivity index is 2.11. The Morgan fingerprint density at radius 1 is 1.24 bits per heavy atom. The molecule has 0 heterocycles. The summed E-state index contributed by atoms with van der Waals surface area (Å²) in [5.74, 6) is -0.778. The maximum absolute atomic E-state index is 11.2. The molecule has 1 saturated carbocycles. The molecule has 1 aromatic carbocycles. The summed E-state index contributed by atoms with van der Waals surface area (Å²) in [6.45, 7) is 4.52. The number of rotatable bonds is 1. The van der Waals surface area contributed by atoms with E-state index in [9.17, 15) is 9.90 Å². The highest BCUT2D eigenvalue weighted by molar-refractivity contribution is 5.78. The van der Waals surface area contributed by atoms with Gasteiger partial charge in [0.1, 0.15) is 0 Å². The van der Waals surface area contributed by atoms with E-state index < -0.39 is 5.97 Å². The molecule has 1 N–H and O–H groups in total. The highest BCUT2D eigenvalue weighted by Gasteiger charge is 2.62. The van der Waals surface area contributed by atoms with Gasteiger partial charge in [0, 0.05) is 5.41 Å². The Labute approximate surface area is 102 Å². The zero-order valence-corrected chi connectivity index (χ0v) is 10.4. The third-order valence-electron chi connectivity index (χ3n) is 4.76. The Kier molecular flexibility index (Phi) is 1.99. The van der Waals surface area contributed by atoms with E-state index in [-0.39, 0.29) is 16.7 Å². The van der Waals surface area contributed by atoms with Crippen molar-refractivity contribution in [2.75, 3.05) is 0 Å². The van der Waals surface area contributed by atoms with Crippen LogP contribution >= 0.6 is 0 Å². The molecule has 0 aliphatic heterocycles. The van der Waals surface area contributed by atoms with Crippen molar-refractivity contribution in [3.63, 3.8) is 0 Å². The zero-order valence-electron chi connectivity index (χ0n) is 10.4. The van der Waals surface area contributed by atoms with Gasteiger partial charge in [0.2, 0.25) is 0 Å². The van der Waals surface area contributed by atoms with Gasteiger partial charge in [0.05, 0.1) is 5.92 Å². The number of carbonyl (C=O) groups is 1. The van der Waals surface area contributed by atoms with E-state index in [1.54, 1.807) is 0 Å². The first-order valence-corrected chi connectivity index (χ1v) is 6.30. The Bertz CT molecular complexity index is 489. The zero-order chi connectivity index (χ0) is 12.3. The number of benzene rings is 1. The van der Waals surface area contributed by atoms with E-state index in [2.05, 4.69) is 32.0 Å². The standard InChI is InChI=1S/C15H18O2/c1-14(2)7-8-15(9-12(15)13(16)17)11-6-4-3-5-10(11)14/h3-6,12H,7-9H2,1-2H3,(H,16,17). The first-order valence-electron chi connectivity index (χ1n) is 6.30. The predicted molar refractivity (Wildman–Crippen MR) is 66.1 cm³/mol. The van der Waals surface area contributed by atoms with Crippen LogP contribution in [-0.2, 0) is 15.6 Å². The summed E-state index contributed by atoms with van der Waals surface area (Å²) in [5.41, 5.74) is 2.80. The third-order valence-corrected chi connectivity index (χ3v) is 4.76. The first kappa shape index (κ1) is 10.8. The van der Waals surface area contributed by atoms with Crippen molar-refractivity contribution in [3.05, 3.63) is 35.4 Å². The molecule has 0 amide bonds. The normalized spacial score (nSPS) is 33.2. The summed E-state index contributed by atoms with van der Waals surface area (Å²) in [5, 5.41) is 9.23. The Morgan fingerprint density at radius 2 is 1.88 bits per heavy atom. The van der Waals surface area contributed by atoms with Gasteiger partial charge in [-0.15, -0.1) is 0 Å². The summed E-state index contributed by atoms with van der Waals surface area (Å²) in [6.07, 6.45) is 2.94. The number of fused-ring (bicyclic) bond motifs is 2. The molecule has 1 spiro atoms. The first-order chi connectivity index (χ1) is 7.97.